The minimum absolute atomic E-state index is 0.00635. The van der Waals surface area contributed by atoms with E-state index in [-0.39, 0.29) is 42.9 Å². The van der Waals surface area contributed by atoms with Gasteiger partial charge in [-0.2, -0.15) is 0 Å². The monoisotopic (exact) mass is 241 g/mol. The molecule has 1 aliphatic rings. The van der Waals surface area contributed by atoms with Gasteiger partial charge in [0, 0.05) is 24.4 Å². The molecule has 2 N–H and O–H groups in total. The first-order valence-corrected chi connectivity index (χ1v) is 5.96. The summed E-state index contributed by atoms with van der Waals surface area (Å²) < 4.78 is 11.0. The summed E-state index contributed by atoms with van der Waals surface area (Å²) in [4.78, 5) is 21.6. The largest absolute Gasteiger partial charge is 0.380 e. The molecule has 1 heterocycles. The highest BCUT2D eigenvalue weighted by Crippen LogP contribution is 2.17. The summed E-state index contributed by atoms with van der Waals surface area (Å²) in [6, 6.07) is 0.158. The van der Waals surface area contributed by atoms with E-state index < -0.39 is 0 Å². The zero-order valence-corrected chi connectivity index (χ0v) is 10.4. The third-order valence-corrected chi connectivity index (χ3v) is 2.84. The summed E-state index contributed by atoms with van der Waals surface area (Å²) >= 11 is 0. The number of ether oxygens (including phenoxy) is 2. The number of aldehydes is 1. The van der Waals surface area contributed by atoms with Crippen LogP contribution in [0.4, 0.5) is 0 Å². The second kappa shape index (κ2) is 6.88. The van der Waals surface area contributed by atoms with Crippen LogP contribution in [-0.2, 0) is 19.1 Å². The topological polar surface area (TPSA) is 78.6 Å². The van der Waals surface area contributed by atoms with Crippen LogP contribution < -0.4 is 5.73 Å². The number of ketones is 1. The van der Waals surface area contributed by atoms with Crippen LogP contribution in [0, 0.1) is 5.92 Å². The van der Waals surface area contributed by atoms with Gasteiger partial charge in [0.1, 0.15) is 19.9 Å². The fourth-order valence-corrected chi connectivity index (χ4v) is 2.00. The van der Waals surface area contributed by atoms with E-state index in [4.69, 9.17) is 15.2 Å². The first kappa shape index (κ1) is 14.3. The van der Waals surface area contributed by atoms with Crippen LogP contribution in [0.2, 0.25) is 0 Å². The average molecular weight is 241 g/mol. The highest BCUT2D eigenvalue weighted by molar-refractivity contribution is 6.11. The molecule has 1 fully saturated rings. The van der Waals surface area contributed by atoms with E-state index in [2.05, 4.69) is 0 Å². The number of Topliss-reactive ketones (excluding diaryl/α,β-unsaturated/α-hetero) is 1. The Bertz CT molecular complexity index is 274. The third kappa shape index (κ3) is 4.98. The van der Waals surface area contributed by atoms with Gasteiger partial charge in [-0.15, -0.1) is 0 Å². The van der Waals surface area contributed by atoms with E-state index in [1.165, 1.54) is 6.92 Å². The maximum absolute atomic E-state index is 10.9. The van der Waals surface area contributed by atoms with Gasteiger partial charge in [0.05, 0.1) is 19.3 Å². The third-order valence-electron chi connectivity index (χ3n) is 2.84. The lowest BCUT2D eigenvalue weighted by Gasteiger charge is -2.16. The van der Waals surface area contributed by atoms with Crippen LogP contribution in [0.5, 0.6) is 0 Å². The number of carbonyl (C=O) groups is 2. The zero-order chi connectivity index (χ0) is 12.8. The van der Waals surface area contributed by atoms with Crippen molar-refractivity contribution in [1.82, 2.24) is 0 Å². The SMILES string of the molecule is B[C@H]1C[C@H](N)[C@@H](COCC(C=O)CC(C)=O)O1. The van der Waals surface area contributed by atoms with Crippen LogP contribution in [-0.4, -0.2) is 51.3 Å². The fraction of sp³-hybridized carbons (Fsp3) is 0.818. The quantitative estimate of drug-likeness (QED) is 0.451. The van der Waals surface area contributed by atoms with Crippen molar-refractivity contribution in [2.24, 2.45) is 11.7 Å². The minimum atomic E-state index is -0.359. The molecular weight excluding hydrogens is 221 g/mol. The van der Waals surface area contributed by atoms with Crippen molar-refractivity contribution in [2.75, 3.05) is 13.2 Å². The number of rotatable bonds is 7. The second-order valence-electron chi connectivity index (χ2n) is 4.72. The lowest BCUT2D eigenvalue weighted by molar-refractivity contribution is -0.123. The number of nitrogens with two attached hydrogens (primary N) is 1. The van der Waals surface area contributed by atoms with Crippen molar-refractivity contribution < 1.29 is 19.1 Å². The van der Waals surface area contributed by atoms with Gasteiger partial charge in [0.2, 0.25) is 0 Å². The van der Waals surface area contributed by atoms with Crippen LogP contribution in [0.15, 0.2) is 0 Å². The van der Waals surface area contributed by atoms with E-state index >= 15 is 0 Å². The van der Waals surface area contributed by atoms with Gasteiger partial charge < -0.3 is 24.8 Å². The van der Waals surface area contributed by atoms with Crippen molar-refractivity contribution in [1.29, 1.82) is 0 Å². The molecule has 17 heavy (non-hydrogen) atoms. The Morgan fingerprint density at radius 2 is 2.41 bits per heavy atom. The van der Waals surface area contributed by atoms with Crippen molar-refractivity contribution in [3.8, 4) is 0 Å². The molecule has 1 unspecified atom stereocenters. The Morgan fingerprint density at radius 3 is 2.88 bits per heavy atom. The van der Waals surface area contributed by atoms with Crippen molar-refractivity contribution in [3.63, 3.8) is 0 Å². The smallest absolute Gasteiger partial charge is 0.139 e. The summed E-state index contributed by atoms with van der Waals surface area (Å²) in [6.45, 7) is 2.10. The van der Waals surface area contributed by atoms with E-state index in [0.29, 0.717) is 6.61 Å². The number of hydrogen-bond donors (Lipinski definition) is 1. The van der Waals surface area contributed by atoms with Crippen molar-refractivity contribution in [3.05, 3.63) is 0 Å². The molecule has 0 saturated carbocycles. The molecule has 0 aliphatic carbocycles. The van der Waals surface area contributed by atoms with Gasteiger partial charge in [-0.25, -0.2) is 0 Å². The molecule has 96 valence electrons. The molecule has 1 saturated heterocycles. The number of carbonyl (C=O) groups excluding carboxylic acids is 2. The summed E-state index contributed by atoms with van der Waals surface area (Å²) in [7, 11) is 1.98. The minimum Gasteiger partial charge on any atom is -0.380 e. The molecule has 1 aliphatic heterocycles. The molecule has 6 heteroatoms. The predicted molar refractivity (Wildman–Crippen MR) is 65.5 cm³/mol. The second-order valence-corrected chi connectivity index (χ2v) is 4.72. The summed E-state index contributed by atoms with van der Waals surface area (Å²) in [5.74, 6) is -0.365. The molecule has 0 bridgehead atoms. The molecule has 0 radical (unpaired) electrons. The van der Waals surface area contributed by atoms with E-state index in [1.807, 2.05) is 7.85 Å². The van der Waals surface area contributed by atoms with Crippen LogP contribution in [0.25, 0.3) is 0 Å². The Morgan fingerprint density at radius 1 is 1.71 bits per heavy atom. The Balaban J connectivity index is 2.22. The molecule has 0 spiro atoms. The van der Waals surface area contributed by atoms with Crippen molar-refractivity contribution in [2.45, 2.75) is 37.9 Å². The summed E-state index contributed by atoms with van der Waals surface area (Å²) in [5, 5.41) is 0. The molecular formula is C11H20BNO4. The van der Waals surface area contributed by atoms with Gasteiger partial charge in [0.25, 0.3) is 0 Å². The molecule has 1 rings (SSSR count). The van der Waals surface area contributed by atoms with Crippen LogP contribution >= 0.6 is 0 Å². The molecule has 0 aromatic heterocycles. The lowest BCUT2D eigenvalue weighted by atomic mass is 9.95. The fourth-order valence-electron chi connectivity index (χ4n) is 2.00. The molecule has 0 aromatic carbocycles. The molecule has 0 aromatic rings. The van der Waals surface area contributed by atoms with Gasteiger partial charge in [-0.05, 0) is 13.3 Å². The first-order valence-electron chi connectivity index (χ1n) is 5.96. The highest BCUT2D eigenvalue weighted by atomic mass is 16.5. The summed E-state index contributed by atoms with van der Waals surface area (Å²) in [6.07, 6.45) is 1.73. The summed E-state index contributed by atoms with van der Waals surface area (Å²) in [5.41, 5.74) is 5.87. The standard InChI is InChI=1S/C11H20BNO4/c1-7(15)2-8(4-14)5-16-6-10-9(13)3-11(12)17-10/h4,8-11H,2-3,5-6,12-13H2,1H3/t8?,9-,10+,11+/m0/s1. The Kier molecular flexibility index (Phi) is 5.81. The molecule has 4 atom stereocenters. The Hall–Kier alpha value is -0.715. The number of hydrogen-bond acceptors (Lipinski definition) is 5. The highest BCUT2D eigenvalue weighted by Gasteiger charge is 2.30. The van der Waals surface area contributed by atoms with Gasteiger partial charge in [-0.3, -0.25) is 0 Å². The van der Waals surface area contributed by atoms with Gasteiger partial charge in [-0.1, -0.05) is 0 Å². The maximum Gasteiger partial charge on any atom is 0.139 e. The van der Waals surface area contributed by atoms with E-state index in [9.17, 15) is 9.59 Å². The predicted octanol–water partition coefficient (Wildman–Crippen LogP) is -1.13. The van der Waals surface area contributed by atoms with Crippen LogP contribution in [0.1, 0.15) is 19.8 Å². The Labute approximate surface area is 102 Å². The molecule has 5 nitrogen and oxygen atoms in total. The van der Waals surface area contributed by atoms with Crippen molar-refractivity contribution >= 4 is 19.9 Å². The lowest BCUT2D eigenvalue weighted by Crippen LogP contribution is -2.34. The zero-order valence-electron chi connectivity index (χ0n) is 10.4. The first-order chi connectivity index (χ1) is 8.02. The normalized spacial score (nSPS) is 30.1. The van der Waals surface area contributed by atoms with Gasteiger partial charge in [0.15, 0.2) is 0 Å². The molecule has 0 amide bonds. The average Bonchev–Trinajstić information content (AvgIpc) is 2.55. The van der Waals surface area contributed by atoms with E-state index in [1.54, 1.807) is 0 Å². The maximum atomic E-state index is 10.9. The van der Waals surface area contributed by atoms with E-state index in [0.717, 1.165) is 12.7 Å². The van der Waals surface area contributed by atoms with Gasteiger partial charge >= 0.3 is 0 Å². The van der Waals surface area contributed by atoms with Crippen LogP contribution in [0.3, 0.4) is 0 Å².